The van der Waals surface area contributed by atoms with Crippen LogP contribution < -0.4 is 15.0 Å². The normalized spacial score (nSPS) is 15.2. The van der Waals surface area contributed by atoms with Crippen LogP contribution in [0.15, 0.2) is 22.7 Å². The highest BCUT2D eigenvalue weighted by Crippen LogP contribution is 2.30. The molecule has 2 rings (SSSR count). The van der Waals surface area contributed by atoms with Crippen molar-refractivity contribution in [3.63, 3.8) is 0 Å². The van der Waals surface area contributed by atoms with E-state index in [9.17, 15) is 9.59 Å². The van der Waals surface area contributed by atoms with E-state index < -0.39 is 6.03 Å². The van der Waals surface area contributed by atoms with Crippen molar-refractivity contribution in [2.45, 2.75) is 0 Å². The van der Waals surface area contributed by atoms with Gasteiger partial charge in [-0.3, -0.25) is 4.79 Å². The Bertz CT molecular complexity index is 445. The molecule has 5 nitrogen and oxygen atoms in total. The largest absolute Gasteiger partial charge is 0.496 e. The summed E-state index contributed by atoms with van der Waals surface area (Å²) in [5.74, 6) is 0.387. The minimum Gasteiger partial charge on any atom is -0.496 e. The third kappa shape index (κ3) is 1.76. The number of rotatable bonds is 2. The van der Waals surface area contributed by atoms with Crippen molar-refractivity contribution in [2.75, 3.05) is 18.6 Å². The highest BCUT2D eigenvalue weighted by atomic mass is 79.9. The van der Waals surface area contributed by atoms with E-state index >= 15 is 0 Å². The van der Waals surface area contributed by atoms with Crippen LogP contribution in [0.1, 0.15) is 0 Å². The summed E-state index contributed by atoms with van der Waals surface area (Å²) >= 11 is 3.30. The second kappa shape index (κ2) is 4.13. The first-order chi connectivity index (χ1) is 7.63. The van der Waals surface area contributed by atoms with Crippen LogP contribution in [0.5, 0.6) is 5.75 Å². The molecule has 1 saturated heterocycles. The van der Waals surface area contributed by atoms with Gasteiger partial charge in [0, 0.05) is 0 Å². The first-order valence-electron chi connectivity index (χ1n) is 4.58. The molecule has 6 heteroatoms. The molecular formula is C10H9BrN2O3. The Morgan fingerprint density at radius 3 is 2.69 bits per heavy atom. The number of carbonyl (C=O) groups excluding carboxylic acids is 2. The first-order valence-corrected chi connectivity index (χ1v) is 5.37. The number of anilines is 1. The van der Waals surface area contributed by atoms with E-state index in [0.717, 1.165) is 4.90 Å². The lowest BCUT2D eigenvalue weighted by molar-refractivity contribution is -0.115. The third-order valence-corrected chi connectivity index (χ3v) is 2.86. The number of nitrogens with one attached hydrogen (secondary N) is 1. The number of amides is 3. The number of hydrogen-bond donors (Lipinski definition) is 1. The van der Waals surface area contributed by atoms with Gasteiger partial charge in [-0.05, 0) is 34.1 Å². The zero-order valence-electron chi connectivity index (χ0n) is 8.49. The lowest BCUT2D eigenvalue weighted by atomic mass is 10.3. The molecule has 0 radical (unpaired) electrons. The van der Waals surface area contributed by atoms with Crippen molar-refractivity contribution in [3.8, 4) is 5.75 Å². The van der Waals surface area contributed by atoms with Gasteiger partial charge in [-0.25, -0.2) is 9.69 Å². The average molecular weight is 285 g/mol. The molecule has 0 bridgehead atoms. The molecule has 3 amide bonds. The first kappa shape index (κ1) is 10.9. The zero-order valence-corrected chi connectivity index (χ0v) is 10.1. The number of methoxy groups -OCH3 is 1. The Hall–Kier alpha value is -1.56. The van der Waals surface area contributed by atoms with Gasteiger partial charge in [0.1, 0.15) is 5.75 Å². The maximum Gasteiger partial charge on any atom is 0.329 e. The van der Waals surface area contributed by atoms with Crippen LogP contribution in [0.25, 0.3) is 0 Å². The third-order valence-electron chi connectivity index (χ3n) is 2.24. The lowest BCUT2D eigenvalue weighted by Crippen LogP contribution is -2.30. The Balaban J connectivity index is 2.37. The highest BCUT2D eigenvalue weighted by Gasteiger charge is 2.30. The van der Waals surface area contributed by atoms with Crippen LogP contribution in [0.4, 0.5) is 10.5 Å². The molecular weight excluding hydrogens is 276 g/mol. The smallest absolute Gasteiger partial charge is 0.329 e. The molecule has 1 N–H and O–H groups in total. The van der Waals surface area contributed by atoms with E-state index in [2.05, 4.69) is 21.2 Å². The van der Waals surface area contributed by atoms with Crippen molar-refractivity contribution < 1.29 is 14.3 Å². The standard InChI is InChI=1S/C10H9BrN2O3/c1-16-8-3-2-6(4-7(8)11)13-9(14)5-12-10(13)15/h2-4H,5H2,1H3,(H,12,15). The van der Waals surface area contributed by atoms with Gasteiger partial charge < -0.3 is 10.1 Å². The molecule has 1 aliphatic rings. The summed E-state index contributed by atoms with van der Waals surface area (Å²) in [5, 5.41) is 2.46. The van der Waals surface area contributed by atoms with E-state index in [0.29, 0.717) is 15.9 Å². The molecule has 1 aliphatic heterocycles. The summed E-state index contributed by atoms with van der Waals surface area (Å²) in [5.41, 5.74) is 0.521. The van der Waals surface area contributed by atoms with Crippen molar-refractivity contribution in [1.29, 1.82) is 0 Å². The molecule has 1 aromatic carbocycles. The maximum absolute atomic E-state index is 11.4. The van der Waals surface area contributed by atoms with Crippen LogP contribution >= 0.6 is 15.9 Å². The lowest BCUT2D eigenvalue weighted by Gasteiger charge is -2.13. The number of halogens is 1. The molecule has 0 spiro atoms. The maximum atomic E-state index is 11.4. The molecule has 1 fully saturated rings. The zero-order chi connectivity index (χ0) is 11.7. The second-order valence-corrected chi connectivity index (χ2v) is 4.06. The second-order valence-electron chi connectivity index (χ2n) is 3.21. The average Bonchev–Trinajstić information content (AvgIpc) is 2.58. The molecule has 0 saturated carbocycles. The predicted molar refractivity (Wildman–Crippen MR) is 61.6 cm³/mol. The molecule has 0 aliphatic carbocycles. The van der Waals surface area contributed by atoms with E-state index in [4.69, 9.17) is 4.74 Å². The number of benzene rings is 1. The topological polar surface area (TPSA) is 58.6 Å². The molecule has 0 aromatic heterocycles. The Labute approximate surface area is 100 Å². The van der Waals surface area contributed by atoms with Gasteiger partial charge in [-0.2, -0.15) is 0 Å². The van der Waals surface area contributed by atoms with E-state index in [1.807, 2.05) is 0 Å². The summed E-state index contributed by atoms with van der Waals surface area (Å²) < 4.78 is 5.76. The summed E-state index contributed by atoms with van der Waals surface area (Å²) in [6.45, 7) is 0.0441. The van der Waals surface area contributed by atoms with Crippen molar-refractivity contribution in [1.82, 2.24) is 5.32 Å². The predicted octanol–water partition coefficient (Wildman–Crippen LogP) is 1.51. The fourth-order valence-electron chi connectivity index (χ4n) is 1.48. The monoisotopic (exact) mass is 284 g/mol. The van der Waals surface area contributed by atoms with Crippen LogP contribution in [-0.4, -0.2) is 25.6 Å². The van der Waals surface area contributed by atoms with E-state index in [1.165, 1.54) is 0 Å². The fourth-order valence-corrected chi connectivity index (χ4v) is 2.01. The number of ether oxygens (including phenoxy) is 1. The summed E-state index contributed by atoms with van der Waals surface area (Å²) in [7, 11) is 1.55. The Kier molecular flexibility index (Phi) is 2.82. The van der Waals surface area contributed by atoms with Gasteiger partial charge in [-0.15, -0.1) is 0 Å². The number of imide groups is 1. The van der Waals surface area contributed by atoms with Gasteiger partial charge in [0.25, 0.3) is 5.91 Å². The SMILES string of the molecule is COc1ccc(N2C(=O)CNC2=O)cc1Br. The van der Waals surface area contributed by atoms with Gasteiger partial charge >= 0.3 is 6.03 Å². The molecule has 16 heavy (non-hydrogen) atoms. The van der Waals surface area contributed by atoms with Gasteiger partial charge in [0.15, 0.2) is 0 Å². The molecule has 0 unspecified atom stereocenters. The van der Waals surface area contributed by atoms with Gasteiger partial charge in [-0.1, -0.05) is 0 Å². The van der Waals surface area contributed by atoms with Gasteiger partial charge in [0.05, 0.1) is 23.8 Å². The number of carbonyl (C=O) groups is 2. The highest BCUT2D eigenvalue weighted by molar-refractivity contribution is 9.10. The minimum absolute atomic E-state index is 0.0441. The summed E-state index contributed by atoms with van der Waals surface area (Å²) in [6, 6.07) is 4.62. The number of urea groups is 1. The number of nitrogens with zero attached hydrogens (tertiary/aromatic N) is 1. The van der Waals surface area contributed by atoms with Crippen molar-refractivity contribution in [3.05, 3.63) is 22.7 Å². The van der Waals surface area contributed by atoms with Crippen molar-refractivity contribution >= 4 is 33.6 Å². The molecule has 1 heterocycles. The summed E-state index contributed by atoms with van der Waals surface area (Å²) in [6.07, 6.45) is 0. The van der Waals surface area contributed by atoms with Gasteiger partial charge in [0.2, 0.25) is 0 Å². The Morgan fingerprint density at radius 1 is 1.44 bits per heavy atom. The summed E-state index contributed by atoms with van der Waals surface area (Å²) in [4.78, 5) is 23.9. The van der Waals surface area contributed by atoms with E-state index in [1.54, 1.807) is 25.3 Å². The molecule has 84 valence electrons. The quantitative estimate of drug-likeness (QED) is 0.838. The van der Waals surface area contributed by atoms with Crippen molar-refractivity contribution in [2.24, 2.45) is 0 Å². The number of hydrogen-bond acceptors (Lipinski definition) is 3. The van der Waals surface area contributed by atoms with Crippen LogP contribution in [-0.2, 0) is 4.79 Å². The molecule has 1 aromatic rings. The molecule has 0 atom stereocenters. The van der Waals surface area contributed by atoms with Crippen LogP contribution in [0, 0.1) is 0 Å². The van der Waals surface area contributed by atoms with Crippen LogP contribution in [0.2, 0.25) is 0 Å². The van der Waals surface area contributed by atoms with Crippen LogP contribution in [0.3, 0.4) is 0 Å². The van der Waals surface area contributed by atoms with E-state index in [-0.39, 0.29) is 12.5 Å². The minimum atomic E-state index is -0.401. The Morgan fingerprint density at radius 2 is 2.19 bits per heavy atom. The fraction of sp³-hybridized carbons (Fsp3) is 0.200.